The second-order valence-corrected chi connectivity index (χ2v) is 12.3. The maximum absolute atomic E-state index is 11.4. The third-order valence-electron chi connectivity index (χ3n) is 3.29. The number of aromatic hydroxyl groups is 1. The lowest BCUT2D eigenvalue weighted by molar-refractivity contribution is 0.0687. The summed E-state index contributed by atoms with van der Waals surface area (Å²) in [5, 5.41) is 20.3. The lowest BCUT2D eigenvalue weighted by Gasteiger charge is -2.04. The van der Waals surface area contributed by atoms with E-state index in [0.29, 0.717) is 20.9 Å². The first-order chi connectivity index (χ1) is 11.8. The highest BCUT2D eigenvalue weighted by Gasteiger charge is 2.22. The average molecular weight is 368 g/mol. The summed E-state index contributed by atoms with van der Waals surface area (Å²) in [7, 11) is -1.68. The molecule has 0 spiro atoms. The number of carboxylic acids is 1. The van der Waals surface area contributed by atoms with Crippen molar-refractivity contribution in [2.75, 3.05) is 0 Å². The van der Waals surface area contributed by atoms with Gasteiger partial charge in [-0.25, -0.2) is 14.8 Å². The lowest BCUT2D eigenvalue weighted by atomic mass is 10.2. The first-order valence-corrected chi connectivity index (χ1v) is 11.9. The lowest BCUT2D eigenvalue weighted by Crippen LogP contribution is -2.16. The monoisotopic (exact) mass is 368 g/mol. The fraction of sp³-hybridized carbons (Fsp3) is 0.167. The van der Waals surface area contributed by atoms with Crippen molar-refractivity contribution in [1.29, 1.82) is 0 Å². The number of thiazole rings is 1. The standard InChI is InChI=1S/C18H16N2O3SSi/c1-25(2,3)10-9-12-13-16(15(21)14(19-12)18(22)23)24-17(20-13)11-7-5-4-6-8-11/h4-8,21H,1-3H3,(H,22,23). The van der Waals surface area contributed by atoms with E-state index < -0.39 is 19.7 Å². The van der Waals surface area contributed by atoms with Crippen LogP contribution in [0.15, 0.2) is 30.3 Å². The Morgan fingerprint density at radius 3 is 2.44 bits per heavy atom. The van der Waals surface area contributed by atoms with Crippen LogP contribution in [0.25, 0.3) is 20.8 Å². The van der Waals surface area contributed by atoms with Gasteiger partial charge < -0.3 is 10.2 Å². The minimum Gasteiger partial charge on any atom is -0.504 e. The van der Waals surface area contributed by atoms with Gasteiger partial charge in [-0.2, -0.15) is 0 Å². The van der Waals surface area contributed by atoms with Crippen LogP contribution >= 0.6 is 11.3 Å². The molecule has 0 aliphatic carbocycles. The van der Waals surface area contributed by atoms with Gasteiger partial charge in [0.25, 0.3) is 0 Å². The Hall–Kier alpha value is -2.69. The van der Waals surface area contributed by atoms with Gasteiger partial charge in [-0.15, -0.1) is 16.9 Å². The Bertz CT molecular complexity index is 1030. The zero-order valence-electron chi connectivity index (χ0n) is 14.0. The molecule has 0 unspecified atom stereocenters. The molecule has 0 amide bonds. The van der Waals surface area contributed by atoms with E-state index in [4.69, 9.17) is 0 Å². The van der Waals surface area contributed by atoms with Crippen molar-refractivity contribution < 1.29 is 15.0 Å². The van der Waals surface area contributed by atoms with Crippen LogP contribution in [0.3, 0.4) is 0 Å². The number of carboxylic acid groups (broad SMARTS) is 1. The van der Waals surface area contributed by atoms with Gasteiger partial charge in [-0.3, -0.25) is 0 Å². The molecule has 0 bridgehead atoms. The number of rotatable bonds is 2. The van der Waals surface area contributed by atoms with Gasteiger partial charge in [0.1, 0.15) is 29.0 Å². The number of hydrogen-bond acceptors (Lipinski definition) is 5. The van der Waals surface area contributed by atoms with Crippen LogP contribution < -0.4 is 0 Å². The van der Waals surface area contributed by atoms with E-state index in [2.05, 4.69) is 41.1 Å². The molecule has 0 saturated carbocycles. The molecule has 7 heteroatoms. The highest BCUT2D eigenvalue weighted by atomic mass is 32.1. The maximum atomic E-state index is 11.4. The Labute approximate surface area is 150 Å². The van der Waals surface area contributed by atoms with Crippen molar-refractivity contribution in [3.05, 3.63) is 41.7 Å². The van der Waals surface area contributed by atoms with Crippen LogP contribution in [0.4, 0.5) is 0 Å². The fourth-order valence-corrected chi connectivity index (χ4v) is 3.66. The highest BCUT2D eigenvalue weighted by Crippen LogP contribution is 2.37. The fourth-order valence-electron chi connectivity index (χ4n) is 2.15. The predicted octanol–water partition coefficient (Wildman–Crippen LogP) is 3.99. The van der Waals surface area contributed by atoms with Gasteiger partial charge >= 0.3 is 5.97 Å². The summed E-state index contributed by atoms with van der Waals surface area (Å²) in [6, 6.07) is 9.52. The molecule has 3 aromatic rings. The molecule has 0 atom stereocenters. The highest BCUT2D eigenvalue weighted by molar-refractivity contribution is 7.22. The number of aromatic nitrogens is 2. The molecule has 3 rings (SSSR count). The van der Waals surface area contributed by atoms with Crippen LogP contribution in [0, 0.1) is 11.5 Å². The second kappa shape index (κ2) is 6.31. The first-order valence-electron chi connectivity index (χ1n) is 7.61. The van der Waals surface area contributed by atoms with Gasteiger partial charge in [-0.05, 0) is 0 Å². The summed E-state index contributed by atoms with van der Waals surface area (Å²) in [5.74, 6) is 1.34. The summed E-state index contributed by atoms with van der Waals surface area (Å²) in [6.07, 6.45) is 0. The van der Waals surface area contributed by atoms with Gasteiger partial charge in [0, 0.05) is 5.56 Å². The molecule has 2 heterocycles. The second-order valence-electron chi connectivity index (χ2n) is 6.53. The number of nitrogens with zero attached hydrogens (tertiary/aromatic N) is 2. The van der Waals surface area contributed by atoms with Crippen molar-refractivity contribution in [3.63, 3.8) is 0 Å². The van der Waals surface area contributed by atoms with Gasteiger partial charge in [0.15, 0.2) is 11.4 Å². The summed E-state index contributed by atoms with van der Waals surface area (Å²) in [4.78, 5) is 20.0. The Kier molecular flexibility index (Phi) is 4.33. The van der Waals surface area contributed by atoms with Crippen LogP contribution in [0.1, 0.15) is 16.2 Å². The molecule has 126 valence electrons. The van der Waals surface area contributed by atoms with Crippen molar-refractivity contribution >= 4 is 35.6 Å². The van der Waals surface area contributed by atoms with Crippen molar-refractivity contribution in [2.45, 2.75) is 19.6 Å². The number of pyridine rings is 1. The van der Waals surface area contributed by atoms with Crippen LogP contribution in [-0.2, 0) is 0 Å². The van der Waals surface area contributed by atoms with E-state index in [1.807, 2.05) is 30.3 Å². The zero-order valence-corrected chi connectivity index (χ0v) is 15.8. The van der Waals surface area contributed by atoms with Gasteiger partial charge in [0.05, 0.1) is 0 Å². The normalized spacial score (nSPS) is 11.2. The topological polar surface area (TPSA) is 83.3 Å². The molecule has 0 aliphatic heterocycles. The molecule has 1 aromatic carbocycles. The van der Waals surface area contributed by atoms with Crippen molar-refractivity contribution in [1.82, 2.24) is 9.97 Å². The molecular weight excluding hydrogens is 352 g/mol. The van der Waals surface area contributed by atoms with Crippen molar-refractivity contribution in [3.8, 4) is 27.8 Å². The minimum absolute atomic E-state index is 0.297. The van der Waals surface area contributed by atoms with Gasteiger partial charge in [0.2, 0.25) is 0 Å². The zero-order chi connectivity index (χ0) is 18.2. The van der Waals surface area contributed by atoms with E-state index in [1.54, 1.807) is 0 Å². The molecular formula is C18H16N2O3SSi. The van der Waals surface area contributed by atoms with Gasteiger partial charge in [-0.1, -0.05) is 55.9 Å². The van der Waals surface area contributed by atoms with E-state index >= 15 is 0 Å². The number of fused-ring (bicyclic) bond motifs is 1. The van der Waals surface area contributed by atoms with Crippen LogP contribution in [-0.4, -0.2) is 34.2 Å². The summed E-state index contributed by atoms with van der Waals surface area (Å²) in [6.45, 7) is 6.27. The SMILES string of the molecule is C[Si](C)(C)C#Cc1nc(C(=O)O)c(O)c2sc(-c3ccccc3)nc12. The molecule has 2 N–H and O–H groups in total. The molecule has 5 nitrogen and oxygen atoms in total. The quantitative estimate of drug-likeness (QED) is 0.528. The smallest absolute Gasteiger partial charge is 0.358 e. The van der Waals surface area contributed by atoms with E-state index in [9.17, 15) is 15.0 Å². The molecule has 0 fully saturated rings. The van der Waals surface area contributed by atoms with E-state index in [-0.39, 0.29) is 5.75 Å². The number of aromatic carboxylic acids is 1. The maximum Gasteiger partial charge on any atom is 0.358 e. The number of benzene rings is 1. The first kappa shape index (κ1) is 17.1. The van der Waals surface area contributed by atoms with Crippen LogP contribution in [0.5, 0.6) is 5.75 Å². The van der Waals surface area contributed by atoms with Crippen molar-refractivity contribution in [2.24, 2.45) is 0 Å². The third-order valence-corrected chi connectivity index (χ3v) is 5.28. The molecule has 0 radical (unpaired) electrons. The number of carbonyl (C=O) groups is 1. The molecule has 25 heavy (non-hydrogen) atoms. The average Bonchev–Trinajstić information content (AvgIpc) is 3.00. The molecule has 0 aliphatic rings. The van der Waals surface area contributed by atoms with E-state index in [0.717, 1.165) is 5.56 Å². The Morgan fingerprint density at radius 1 is 1.16 bits per heavy atom. The predicted molar refractivity (Wildman–Crippen MR) is 102 cm³/mol. The number of hydrogen-bond donors (Lipinski definition) is 2. The summed E-state index contributed by atoms with van der Waals surface area (Å²) >= 11 is 1.24. The summed E-state index contributed by atoms with van der Waals surface area (Å²) in [5.41, 5.74) is 4.42. The largest absolute Gasteiger partial charge is 0.504 e. The summed E-state index contributed by atoms with van der Waals surface area (Å²) < 4.78 is 0.395. The Balaban J connectivity index is 2.30. The molecule has 2 aromatic heterocycles. The third kappa shape index (κ3) is 3.55. The Morgan fingerprint density at radius 2 is 1.84 bits per heavy atom. The van der Waals surface area contributed by atoms with E-state index in [1.165, 1.54) is 11.3 Å². The minimum atomic E-state index is -1.68. The molecule has 0 saturated heterocycles. The van der Waals surface area contributed by atoms with Crippen LogP contribution in [0.2, 0.25) is 19.6 Å².